The van der Waals surface area contributed by atoms with Crippen molar-refractivity contribution in [3.8, 4) is 16.9 Å². The smallest absolute Gasteiger partial charge is 0.255 e. The van der Waals surface area contributed by atoms with Crippen LogP contribution >= 0.6 is 0 Å². The van der Waals surface area contributed by atoms with E-state index < -0.39 is 0 Å². The van der Waals surface area contributed by atoms with Gasteiger partial charge in [-0.3, -0.25) is 4.79 Å². The summed E-state index contributed by atoms with van der Waals surface area (Å²) in [5.41, 5.74) is 5.43. The summed E-state index contributed by atoms with van der Waals surface area (Å²) in [5, 5.41) is 17.7. The van der Waals surface area contributed by atoms with Gasteiger partial charge in [0.15, 0.2) is 0 Å². The molecule has 2 N–H and O–H groups in total. The number of aromatic nitrogens is 2. The molecule has 1 aliphatic rings. The van der Waals surface area contributed by atoms with Crippen molar-refractivity contribution < 1.29 is 9.90 Å². The molecule has 0 saturated heterocycles. The highest BCUT2D eigenvalue weighted by Gasteiger charge is 2.25. The van der Waals surface area contributed by atoms with Gasteiger partial charge >= 0.3 is 0 Å². The van der Waals surface area contributed by atoms with Crippen molar-refractivity contribution in [3.63, 3.8) is 0 Å². The topological polar surface area (TPSA) is 67.2 Å². The van der Waals surface area contributed by atoms with Crippen LogP contribution in [0, 0.1) is 13.8 Å². The number of rotatable bonds is 4. The lowest BCUT2D eigenvalue weighted by Crippen LogP contribution is -2.38. The van der Waals surface area contributed by atoms with E-state index in [1.165, 1.54) is 5.56 Å². The zero-order valence-electron chi connectivity index (χ0n) is 16.9. The van der Waals surface area contributed by atoms with Crippen LogP contribution in [-0.4, -0.2) is 32.9 Å². The molecule has 1 aliphatic carbocycles. The quantitative estimate of drug-likeness (QED) is 0.703. The van der Waals surface area contributed by atoms with E-state index >= 15 is 0 Å². The Kier molecular flexibility index (Phi) is 5.49. The van der Waals surface area contributed by atoms with Gasteiger partial charge < -0.3 is 10.4 Å². The fourth-order valence-corrected chi connectivity index (χ4v) is 4.01. The fourth-order valence-electron chi connectivity index (χ4n) is 4.01. The summed E-state index contributed by atoms with van der Waals surface area (Å²) in [4.78, 5) is 13.2. The highest BCUT2D eigenvalue weighted by atomic mass is 16.3. The van der Waals surface area contributed by atoms with Gasteiger partial charge in [-0.1, -0.05) is 42.0 Å². The number of benzene rings is 2. The van der Waals surface area contributed by atoms with Gasteiger partial charge in [-0.05, 0) is 57.2 Å². The molecule has 29 heavy (non-hydrogen) atoms. The number of aliphatic hydroxyl groups is 1. The lowest BCUT2D eigenvalue weighted by Gasteiger charge is -2.26. The Labute approximate surface area is 171 Å². The Morgan fingerprint density at radius 3 is 2.48 bits per heavy atom. The molecule has 0 unspecified atom stereocenters. The first kappa shape index (κ1) is 19.4. The minimum Gasteiger partial charge on any atom is -0.393 e. The highest BCUT2D eigenvalue weighted by Crippen LogP contribution is 2.28. The van der Waals surface area contributed by atoms with E-state index in [9.17, 15) is 9.90 Å². The summed E-state index contributed by atoms with van der Waals surface area (Å²) in [7, 11) is 0. The number of hydrogen-bond donors (Lipinski definition) is 2. The molecule has 1 fully saturated rings. The predicted molar refractivity (Wildman–Crippen MR) is 114 cm³/mol. The van der Waals surface area contributed by atoms with Crippen LogP contribution in [0.25, 0.3) is 16.9 Å². The van der Waals surface area contributed by atoms with Gasteiger partial charge in [0.05, 0.1) is 17.4 Å². The van der Waals surface area contributed by atoms with Crippen molar-refractivity contribution in [2.24, 2.45) is 0 Å². The summed E-state index contributed by atoms with van der Waals surface area (Å²) in [6.45, 7) is 4.11. The van der Waals surface area contributed by atoms with Gasteiger partial charge in [0.25, 0.3) is 5.91 Å². The Balaban J connectivity index is 1.71. The van der Waals surface area contributed by atoms with Gasteiger partial charge in [0, 0.05) is 17.8 Å². The molecule has 0 radical (unpaired) electrons. The molecule has 1 heterocycles. The number of hydrogen-bond acceptors (Lipinski definition) is 3. The standard InChI is InChI=1S/C24H27N3O2/c1-16-8-13-21(17(2)14-16)23-22(15-27(26-23)19-6-4-3-5-7-19)24(29)25-18-9-11-20(28)12-10-18/h3-8,13-15,18,20,28H,9-12H2,1-2H3,(H,25,29). The highest BCUT2D eigenvalue weighted by molar-refractivity contribution is 6.00. The number of aliphatic hydroxyl groups excluding tert-OH is 1. The average molecular weight is 389 g/mol. The SMILES string of the molecule is Cc1ccc(-c2nn(-c3ccccc3)cc2C(=O)NC2CCC(O)CC2)c(C)c1. The summed E-state index contributed by atoms with van der Waals surface area (Å²) in [6, 6.07) is 16.1. The Morgan fingerprint density at radius 2 is 1.79 bits per heavy atom. The molecule has 1 saturated carbocycles. The predicted octanol–water partition coefficient (Wildman–Crippen LogP) is 4.19. The number of nitrogens with zero attached hydrogens (tertiary/aromatic N) is 2. The van der Waals surface area contributed by atoms with Crippen molar-refractivity contribution >= 4 is 5.91 Å². The monoisotopic (exact) mass is 389 g/mol. The summed E-state index contributed by atoms with van der Waals surface area (Å²) in [6.07, 6.45) is 4.65. The van der Waals surface area contributed by atoms with E-state index in [2.05, 4.69) is 18.3 Å². The first-order chi connectivity index (χ1) is 14.0. The summed E-state index contributed by atoms with van der Waals surface area (Å²) in [5.74, 6) is -0.108. The lowest BCUT2D eigenvalue weighted by atomic mass is 9.93. The van der Waals surface area contributed by atoms with Gasteiger partial charge in [0.2, 0.25) is 0 Å². The molecule has 150 valence electrons. The van der Waals surface area contributed by atoms with Crippen molar-refractivity contribution in [3.05, 3.63) is 71.4 Å². The van der Waals surface area contributed by atoms with E-state index in [-0.39, 0.29) is 18.1 Å². The summed E-state index contributed by atoms with van der Waals surface area (Å²) >= 11 is 0. The van der Waals surface area contributed by atoms with Crippen molar-refractivity contribution in [2.45, 2.75) is 51.7 Å². The van der Waals surface area contributed by atoms with Crippen molar-refractivity contribution in [2.75, 3.05) is 0 Å². The first-order valence-corrected chi connectivity index (χ1v) is 10.2. The third-order valence-corrected chi connectivity index (χ3v) is 5.65. The Hall–Kier alpha value is -2.92. The van der Waals surface area contributed by atoms with Crippen LogP contribution in [0.1, 0.15) is 47.2 Å². The number of nitrogens with one attached hydrogen (secondary N) is 1. The number of amides is 1. The van der Waals surface area contributed by atoms with Crippen molar-refractivity contribution in [1.82, 2.24) is 15.1 Å². The average Bonchev–Trinajstić information content (AvgIpc) is 3.16. The molecule has 1 amide bonds. The van der Waals surface area contributed by atoms with Crippen LogP contribution in [0.4, 0.5) is 0 Å². The third kappa shape index (κ3) is 4.25. The van der Waals surface area contributed by atoms with E-state index in [1.807, 2.05) is 55.6 Å². The molecule has 0 bridgehead atoms. The second kappa shape index (κ2) is 8.21. The second-order valence-electron chi connectivity index (χ2n) is 7.97. The normalized spacial score (nSPS) is 19.1. The van der Waals surface area contributed by atoms with E-state index in [4.69, 9.17) is 5.10 Å². The Morgan fingerprint density at radius 1 is 1.07 bits per heavy atom. The first-order valence-electron chi connectivity index (χ1n) is 10.2. The molecule has 0 aliphatic heterocycles. The zero-order chi connectivity index (χ0) is 20.4. The maximum atomic E-state index is 13.2. The van der Waals surface area contributed by atoms with E-state index in [0.29, 0.717) is 11.3 Å². The molecule has 1 aromatic heterocycles. The largest absolute Gasteiger partial charge is 0.393 e. The maximum absolute atomic E-state index is 13.2. The molecular weight excluding hydrogens is 362 g/mol. The molecule has 5 nitrogen and oxygen atoms in total. The van der Waals surface area contributed by atoms with Crippen LogP contribution in [0.15, 0.2) is 54.7 Å². The summed E-state index contributed by atoms with van der Waals surface area (Å²) < 4.78 is 1.77. The minimum atomic E-state index is -0.241. The van der Waals surface area contributed by atoms with Crippen molar-refractivity contribution in [1.29, 1.82) is 0 Å². The van der Waals surface area contributed by atoms with Crippen LogP contribution in [0.2, 0.25) is 0 Å². The van der Waals surface area contributed by atoms with Crippen LogP contribution in [0.3, 0.4) is 0 Å². The lowest BCUT2D eigenvalue weighted by molar-refractivity contribution is 0.0868. The Bertz CT molecular complexity index is 1000. The number of carbonyl (C=O) groups is 1. The third-order valence-electron chi connectivity index (χ3n) is 5.65. The van der Waals surface area contributed by atoms with Crippen LogP contribution in [0.5, 0.6) is 0 Å². The van der Waals surface area contributed by atoms with Crippen LogP contribution < -0.4 is 5.32 Å². The number of para-hydroxylation sites is 1. The van der Waals surface area contributed by atoms with E-state index in [0.717, 1.165) is 42.5 Å². The number of aryl methyl sites for hydroxylation is 2. The molecule has 3 aromatic rings. The molecule has 0 atom stereocenters. The fraction of sp³-hybridized carbons (Fsp3) is 0.333. The van der Waals surface area contributed by atoms with Gasteiger partial charge in [-0.15, -0.1) is 0 Å². The minimum absolute atomic E-state index is 0.0953. The number of carbonyl (C=O) groups excluding carboxylic acids is 1. The molecule has 4 rings (SSSR count). The van der Waals surface area contributed by atoms with Crippen LogP contribution in [-0.2, 0) is 0 Å². The molecule has 5 heteroatoms. The van der Waals surface area contributed by atoms with Gasteiger partial charge in [0.1, 0.15) is 5.69 Å². The van der Waals surface area contributed by atoms with E-state index in [1.54, 1.807) is 4.68 Å². The molecular formula is C24H27N3O2. The molecule has 2 aromatic carbocycles. The second-order valence-corrected chi connectivity index (χ2v) is 7.97. The molecule has 0 spiro atoms. The van der Waals surface area contributed by atoms with Gasteiger partial charge in [-0.2, -0.15) is 5.10 Å². The zero-order valence-corrected chi connectivity index (χ0v) is 16.9. The maximum Gasteiger partial charge on any atom is 0.255 e. The van der Waals surface area contributed by atoms with Gasteiger partial charge in [-0.25, -0.2) is 4.68 Å².